The number of ether oxygens (including phenoxy) is 1. The van der Waals surface area contributed by atoms with Gasteiger partial charge in [0.15, 0.2) is 8.32 Å². The molecule has 0 radical (unpaired) electrons. The van der Waals surface area contributed by atoms with Crippen LogP contribution in [-0.2, 0) is 24.0 Å². The zero-order chi connectivity index (χ0) is 26.5. The van der Waals surface area contributed by atoms with Gasteiger partial charge in [0.2, 0.25) is 5.56 Å². The van der Waals surface area contributed by atoms with E-state index in [1.807, 2.05) is 48.5 Å². The number of aromatic amines is 1. The smallest absolute Gasteiger partial charge is 0.248 e. The monoisotopic (exact) mass is 514 g/mol. The van der Waals surface area contributed by atoms with Gasteiger partial charge in [-0.15, -0.1) is 0 Å². The summed E-state index contributed by atoms with van der Waals surface area (Å²) in [6, 6.07) is 27.9. The molecule has 0 aliphatic heterocycles. The van der Waals surface area contributed by atoms with E-state index < -0.39 is 8.32 Å². The highest BCUT2D eigenvalue weighted by molar-refractivity contribution is 6.74. The van der Waals surface area contributed by atoms with Crippen LogP contribution in [0.25, 0.3) is 10.9 Å². The minimum absolute atomic E-state index is 0.0854. The Balaban J connectivity index is 1.62. The molecule has 194 valence electrons. The Morgan fingerprint density at radius 1 is 0.865 bits per heavy atom. The summed E-state index contributed by atoms with van der Waals surface area (Å²) in [6.07, 6.45) is 0.494. The van der Waals surface area contributed by atoms with E-state index in [0.29, 0.717) is 25.3 Å². The van der Waals surface area contributed by atoms with E-state index in [0.717, 1.165) is 22.0 Å². The molecule has 6 heteroatoms. The van der Waals surface area contributed by atoms with Crippen molar-refractivity contribution >= 4 is 19.2 Å². The fourth-order valence-corrected chi connectivity index (χ4v) is 5.27. The van der Waals surface area contributed by atoms with E-state index in [2.05, 4.69) is 74.5 Å². The summed E-state index contributed by atoms with van der Waals surface area (Å²) in [5.74, 6) is 0.666. The number of nitrogens with one attached hydrogen (secondary N) is 2. The second-order valence-corrected chi connectivity index (χ2v) is 15.8. The number of hydrogen-bond acceptors (Lipinski definition) is 4. The topological polar surface area (TPSA) is 63.4 Å². The minimum atomic E-state index is -2.04. The van der Waals surface area contributed by atoms with Crippen molar-refractivity contribution in [2.75, 3.05) is 0 Å². The van der Waals surface area contributed by atoms with Crippen LogP contribution in [0.2, 0.25) is 18.1 Å². The Labute approximate surface area is 221 Å². The summed E-state index contributed by atoms with van der Waals surface area (Å²) >= 11 is 0. The highest BCUT2D eigenvalue weighted by atomic mass is 28.4. The molecule has 0 aliphatic carbocycles. The van der Waals surface area contributed by atoms with Crippen molar-refractivity contribution in [2.24, 2.45) is 0 Å². The lowest BCUT2D eigenvalue weighted by Crippen LogP contribution is -2.48. The number of rotatable bonds is 10. The zero-order valence-corrected chi connectivity index (χ0v) is 23.5. The normalized spacial score (nSPS) is 13.0. The first-order valence-corrected chi connectivity index (χ1v) is 15.8. The summed E-state index contributed by atoms with van der Waals surface area (Å²) in [6.45, 7) is 12.5. The van der Waals surface area contributed by atoms with Crippen molar-refractivity contribution in [1.82, 2.24) is 10.3 Å². The first-order valence-electron chi connectivity index (χ1n) is 12.9. The van der Waals surface area contributed by atoms with Gasteiger partial charge in [0.25, 0.3) is 0 Å². The molecule has 4 aromatic rings. The predicted molar refractivity (Wildman–Crippen MR) is 154 cm³/mol. The van der Waals surface area contributed by atoms with Gasteiger partial charge in [-0.05, 0) is 47.0 Å². The maximum Gasteiger partial charge on any atom is 0.248 e. The first kappa shape index (κ1) is 26.9. The molecule has 0 aliphatic rings. The number of aromatic nitrogens is 1. The maximum absolute atomic E-state index is 12.3. The van der Waals surface area contributed by atoms with E-state index in [-0.39, 0.29) is 16.8 Å². The number of fused-ring (bicyclic) bond motifs is 1. The van der Waals surface area contributed by atoms with Crippen LogP contribution in [0.1, 0.15) is 37.5 Å². The van der Waals surface area contributed by atoms with Gasteiger partial charge < -0.3 is 14.1 Å². The van der Waals surface area contributed by atoms with Gasteiger partial charge in [-0.2, -0.15) is 0 Å². The molecular weight excluding hydrogens is 476 g/mol. The molecule has 1 heterocycles. The molecule has 1 atom stereocenters. The van der Waals surface area contributed by atoms with Crippen molar-refractivity contribution < 1.29 is 9.16 Å². The van der Waals surface area contributed by atoms with Crippen LogP contribution in [0, 0.1) is 0 Å². The fraction of sp³-hybridized carbons (Fsp3) is 0.323. The highest BCUT2D eigenvalue weighted by Gasteiger charge is 2.39. The third-order valence-corrected chi connectivity index (χ3v) is 11.7. The van der Waals surface area contributed by atoms with Crippen LogP contribution in [0.15, 0.2) is 89.7 Å². The maximum atomic E-state index is 12.3. The second kappa shape index (κ2) is 11.5. The van der Waals surface area contributed by atoms with Crippen LogP contribution in [0.4, 0.5) is 0 Å². The Kier molecular flexibility index (Phi) is 8.32. The molecule has 37 heavy (non-hydrogen) atoms. The summed E-state index contributed by atoms with van der Waals surface area (Å²) in [5, 5.41) is 4.71. The summed E-state index contributed by atoms with van der Waals surface area (Å²) < 4.78 is 13.0. The average molecular weight is 515 g/mol. The Morgan fingerprint density at radius 2 is 1.51 bits per heavy atom. The average Bonchev–Trinajstić information content (AvgIpc) is 2.87. The van der Waals surface area contributed by atoms with Crippen molar-refractivity contribution in [1.29, 1.82) is 0 Å². The standard InChI is InChI=1S/C31H38N2O3Si/c1-31(2,3)37(4,5)36-29(32-21-23-12-8-6-9-13-23)20-25-16-18-27(30-26(25)17-19-28(34)33-30)35-22-24-14-10-7-11-15-24/h6-19,29,32H,20-22H2,1-5H3,(H,33,34). The van der Waals surface area contributed by atoms with E-state index in [1.54, 1.807) is 6.07 Å². The number of H-pyrrole nitrogens is 1. The summed E-state index contributed by atoms with van der Waals surface area (Å²) in [7, 11) is -2.04. The molecule has 4 rings (SSSR count). The van der Waals surface area contributed by atoms with Crippen molar-refractivity contribution in [2.45, 2.75) is 64.7 Å². The Bertz CT molecular complexity index is 1360. The lowest BCUT2D eigenvalue weighted by atomic mass is 10.0. The lowest BCUT2D eigenvalue weighted by molar-refractivity contribution is 0.143. The Hall–Kier alpha value is -3.19. The van der Waals surface area contributed by atoms with Crippen LogP contribution in [0.3, 0.4) is 0 Å². The molecule has 0 saturated heterocycles. The van der Waals surface area contributed by atoms with E-state index >= 15 is 0 Å². The molecule has 0 spiro atoms. The van der Waals surface area contributed by atoms with Gasteiger partial charge in [0, 0.05) is 24.4 Å². The van der Waals surface area contributed by atoms with Gasteiger partial charge in [-0.3, -0.25) is 10.1 Å². The minimum Gasteiger partial charge on any atom is -0.487 e. The SMILES string of the molecule is CC(C)(C)[Si](C)(C)OC(Cc1ccc(OCc2ccccc2)c2[nH]c(=O)ccc12)NCc1ccccc1. The highest BCUT2D eigenvalue weighted by Crippen LogP contribution is 2.38. The van der Waals surface area contributed by atoms with E-state index in [1.165, 1.54) is 5.56 Å². The van der Waals surface area contributed by atoms with Gasteiger partial charge in [-0.1, -0.05) is 87.5 Å². The molecule has 0 amide bonds. The molecule has 5 nitrogen and oxygen atoms in total. The van der Waals surface area contributed by atoms with Crippen LogP contribution in [0.5, 0.6) is 5.75 Å². The van der Waals surface area contributed by atoms with Gasteiger partial charge in [-0.25, -0.2) is 0 Å². The largest absolute Gasteiger partial charge is 0.487 e. The van der Waals surface area contributed by atoms with Crippen LogP contribution < -0.4 is 15.6 Å². The lowest BCUT2D eigenvalue weighted by Gasteiger charge is -2.39. The van der Waals surface area contributed by atoms with Gasteiger partial charge in [0.1, 0.15) is 18.6 Å². The number of hydrogen-bond donors (Lipinski definition) is 2. The van der Waals surface area contributed by atoms with Crippen LogP contribution >= 0.6 is 0 Å². The zero-order valence-electron chi connectivity index (χ0n) is 22.5. The number of benzene rings is 3. The molecule has 1 aromatic heterocycles. The molecule has 1 unspecified atom stereocenters. The molecule has 3 aromatic carbocycles. The van der Waals surface area contributed by atoms with E-state index in [9.17, 15) is 4.79 Å². The van der Waals surface area contributed by atoms with Crippen molar-refractivity contribution in [3.63, 3.8) is 0 Å². The van der Waals surface area contributed by atoms with Crippen molar-refractivity contribution in [3.05, 3.63) is 112 Å². The molecule has 0 saturated carbocycles. The molecular formula is C31H38N2O3Si. The van der Waals surface area contributed by atoms with Gasteiger partial charge >= 0.3 is 0 Å². The first-order chi connectivity index (χ1) is 17.6. The van der Waals surface area contributed by atoms with E-state index in [4.69, 9.17) is 9.16 Å². The summed E-state index contributed by atoms with van der Waals surface area (Å²) in [4.78, 5) is 15.3. The molecule has 0 bridgehead atoms. The second-order valence-electron chi connectivity index (χ2n) is 11.0. The molecule has 0 fully saturated rings. The third kappa shape index (κ3) is 6.98. The summed E-state index contributed by atoms with van der Waals surface area (Å²) in [5.41, 5.74) is 3.96. The third-order valence-electron chi connectivity index (χ3n) is 7.21. The molecule has 2 N–H and O–H groups in total. The van der Waals surface area contributed by atoms with Crippen molar-refractivity contribution in [3.8, 4) is 5.75 Å². The fourth-order valence-electron chi connectivity index (χ4n) is 4.03. The predicted octanol–water partition coefficient (Wildman–Crippen LogP) is 6.79. The van der Waals surface area contributed by atoms with Gasteiger partial charge in [0.05, 0.1) is 5.52 Å². The van der Waals surface area contributed by atoms with Crippen LogP contribution in [-0.4, -0.2) is 19.5 Å². The number of pyridine rings is 1. The quantitative estimate of drug-likeness (QED) is 0.181. The Morgan fingerprint density at radius 3 is 2.16 bits per heavy atom.